The molecule has 0 aromatic carbocycles. The molecule has 0 saturated carbocycles. The van der Waals surface area contributed by atoms with Gasteiger partial charge in [-0.2, -0.15) is 5.26 Å². The lowest BCUT2D eigenvalue weighted by Gasteiger charge is -1.89. The molecule has 50 valence electrons. The largest absolute Gasteiger partial charge is 0.316 e. The number of hydrogen-bond acceptors (Lipinski definition) is 3. The molecular formula is C6H6N4. The number of nitriles is 1. The van der Waals surface area contributed by atoms with Crippen molar-refractivity contribution in [3.63, 3.8) is 0 Å². The number of aromatic nitrogens is 3. The van der Waals surface area contributed by atoms with Crippen LogP contribution in [0.2, 0.25) is 0 Å². The Bertz CT molecular complexity index is 282. The van der Waals surface area contributed by atoms with Crippen molar-refractivity contribution in [1.29, 1.82) is 5.26 Å². The van der Waals surface area contributed by atoms with E-state index in [0.29, 0.717) is 0 Å². The molecule has 0 spiro atoms. The van der Waals surface area contributed by atoms with Crippen molar-refractivity contribution in [2.75, 3.05) is 0 Å². The van der Waals surface area contributed by atoms with Crippen molar-refractivity contribution >= 4 is 0 Å². The van der Waals surface area contributed by atoms with Crippen LogP contribution in [0.5, 0.6) is 0 Å². The van der Waals surface area contributed by atoms with Crippen molar-refractivity contribution in [1.82, 2.24) is 14.8 Å². The average Bonchev–Trinajstić information content (AvgIpc) is 2.44. The second-order valence-electron chi connectivity index (χ2n) is 2.35. The van der Waals surface area contributed by atoms with Gasteiger partial charge in [-0.1, -0.05) is 0 Å². The third-order valence-electron chi connectivity index (χ3n) is 1.77. The SMILES string of the molecule is N#C[C@H]1CCn2cnnc21. The maximum absolute atomic E-state index is 8.60. The molecule has 4 nitrogen and oxygen atoms in total. The molecule has 0 bridgehead atoms. The molecule has 0 amide bonds. The fourth-order valence-corrected chi connectivity index (χ4v) is 1.23. The lowest BCUT2D eigenvalue weighted by molar-refractivity contribution is 0.722. The molecule has 1 atom stereocenters. The third kappa shape index (κ3) is 0.545. The first-order chi connectivity index (χ1) is 4.92. The maximum atomic E-state index is 8.60. The van der Waals surface area contributed by atoms with Crippen molar-refractivity contribution in [3.05, 3.63) is 12.2 Å². The Morgan fingerprint density at radius 3 is 3.50 bits per heavy atom. The standard InChI is InChI=1S/C6H6N4/c7-3-5-1-2-10-4-8-9-6(5)10/h4-5H,1-2H2/t5-/m1/s1. The van der Waals surface area contributed by atoms with E-state index >= 15 is 0 Å². The van der Waals surface area contributed by atoms with Gasteiger partial charge in [-0.05, 0) is 6.42 Å². The summed E-state index contributed by atoms with van der Waals surface area (Å²) < 4.78 is 1.92. The minimum atomic E-state index is -0.0255. The molecule has 0 unspecified atom stereocenters. The van der Waals surface area contributed by atoms with E-state index in [4.69, 9.17) is 5.26 Å². The van der Waals surface area contributed by atoms with Gasteiger partial charge in [0.25, 0.3) is 0 Å². The van der Waals surface area contributed by atoms with Crippen molar-refractivity contribution < 1.29 is 0 Å². The quantitative estimate of drug-likeness (QED) is 0.512. The third-order valence-corrected chi connectivity index (χ3v) is 1.77. The summed E-state index contributed by atoms with van der Waals surface area (Å²) in [4.78, 5) is 0. The van der Waals surface area contributed by atoms with Crippen LogP contribution in [0.25, 0.3) is 0 Å². The molecule has 0 radical (unpaired) electrons. The van der Waals surface area contributed by atoms with Gasteiger partial charge >= 0.3 is 0 Å². The normalized spacial score (nSPS) is 22.1. The predicted octanol–water partition coefficient (Wildman–Crippen LogP) is 0.289. The van der Waals surface area contributed by atoms with E-state index in [1.54, 1.807) is 6.33 Å². The van der Waals surface area contributed by atoms with Gasteiger partial charge in [0.05, 0.1) is 6.07 Å². The first-order valence-electron chi connectivity index (χ1n) is 3.19. The fraction of sp³-hybridized carbons (Fsp3) is 0.500. The summed E-state index contributed by atoms with van der Waals surface area (Å²) in [5.41, 5.74) is 0. The zero-order chi connectivity index (χ0) is 6.97. The van der Waals surface area contributed by atoms with Gasteiger partial charge in [-0.3, -0.25) is 0 Å². The molecule has 2 heterocycles. The highest BCUT2D eigenvalue weighted by molar-refractivity contribution is 5.11. The second-order valence-corrected chi connectivity index (χ2v) is 2.35. The Kier molecular flexibility index (Phi) is 0.978. The first kappa shape index (κ1) is 5.42. The fourth-order valence-electron chi connectivity index (χ4n) is 1.23. The molecule has 1 aliphatic heterocycles. The summed E-state index contributed by atoms with van der Waals surface area (Å²) >= 11 is 0. The molecule has 0 fully saturated rings. The van der Waals surface area contributed by atoms with Crippen LogP contribution < -0.4 is 0 Å². The summed E-state index contributed by atoms with van der Waals surface area (Å²) in [5.74, 6) is 0.796. The first-order valence-corrected chi connectivity index (χ1v) is 3.19. The Morgan fingerprint density at radius 1 is 1.80 bits per heavy atom. The summed E-state index contributed by atoms with van der Waals surface area (Å²) in [6.07, 6.45) is 2.56. The number of aryl methyl sites for hydroxylation is 1. The number of fused-ring (bicyclic) bond motifs is 1. The monoisotopic (exact) mass is 134 g/mol. The van der Waals surface area contributed by atoms with Crippen LogP contribution in [0, 0.1) is 11.3 Å². The summed E-state index contributed by atoms with van der Waals surface area (Å²) in [6.45, 7) is 0.889. The molecule has 0 saturated heterocycles. The van der Waals surface area contributed by atoms with Crippen molar-refractivity contribution in [3.8, 4) is 6.07 Å². The van der Waals surface area contributed by atoms with E-state index < -0.39 is 0 Å². The Hall–Kier alpha value is -1.37. The zero-order valence-corrected chi connectivity index (χ0v) is 5.36. The van der Waals surface area contributed by atoms with E-state index in [2.05, 4.69) is 16.3 Å². The molecule has 1 aromatic heterocycles. The molecule has 0 N–H and O–H groups in total. The highest BCUT2D eigenvalue weighted by atomic mass is 15.3. The Morgan fingerprint density at radius 2 is 2.70 bits per heavy atom. The molecule has 4 heteroatoms. The second kappa shape index (κ2) is 1.81. The topological polar surface area (TPSA) is 54.5 Å². The molecule has 0 aliphatic carbocycles. The van der Waals surface area contributed by atoms with Crippen LogP contribution in [0.1, 0.15) is 18.2 Å². The van der Waals surface area contributed by atoms with Gasteiger partial charge in [0.1, 0.15) is 18.1 Å². The molecule has 1 aromatic rings. The summed E-state index contributed by atoms with van der Waals surface area (Å²) in [5, 5.41) is 16.1. The molecular weight excluding hydrogens is 128 g/mol. The minimum Gasteiger partial charge on any atom is -0.316 e. The van der Waals surface area contributed by atoms with Crippen LogP contribution in [0.3, 0.4) is 0 Å². The van der Waals surface area contributed by atoms with E-state index in [9.17, 15) is 0 Å². The summed E-state index contributed by atoms with van der Waals surface area (Å²) in [6, 6.07) is 2.18. The van der Waals surface area contributed by atoms with Gasteiger partial charge < -0.3 is 4.57 Å². The highest BCUT2D eigenvalue weighted by Crippen LogP contribution is 2.23. The van der Waals surface area contributed by atoms with Crippen LogP contribution >= 0.6 is 0 Å². The van der Waals surface area contributed by atoms with E-state index in [1.807, 2.05) is 4.57 Å². The molecule has 1 aliphatic rings. The number of rotatable bonds is 0. The number of hydrogen-bond donors (Lipinski definition) is 0. The van der Waals surface area contributed by atoms with Gasteiger partial charge in [-0.25, -0.2) is 0 Å². The van der Waals surface area contributed by atoms with Gasteiger partial charge in [0.2, 0.25) is 0 Å². The van der Waals surface area contributed by atoms with Gasteiger partial charge in [-0.15, -0.1) is 10.2 Å². The van der Waals surface area contributed by atoms with Crippen LogP contribution in [-0.4, -0.2) is 14.8 Å². The van der Waals surface area contributed by atoms with E-state index in [0.717, 1.165) is 18.8 Å². The Labute approximate surface area is 58.1 Å². The van der Waals surface area contributed by atoms with Crippen molar-refractivity contribution in [2.24, 2.45) is 0 Å². The molecule has 10 heavy (non-hydrogen) atoms. The van der Waals surface area contributed by atoms with E-state index in [1.165, 1.54) is 0 Å². The number of nitrogens with zero attached hydrogens (tertiary/aromatic N) is 4. The summed E-state index contributed by atoms with van der Waals surface area (Å²) in [7, 11) is 0. The van der Waals surface area contributed by atoms with Gasteiger partial charge in [0, 0.05) is 6.54 Å². The Balaban J connectivity index is 2.46. The van der Waals surface area contributed by atoms with Gasteiger partial charge in [0.15, 0.2) is 0 Å². The smallest absolute Gasteiger partial charge is 0.150 e. The van der Waals surface area contributed by atoms with E-state index in [-0.39, 0.29) is 5.92 Å². The van der Waals surface area contributed by atoms with Crippen LogP contribution in [0.15, 0.2) is 6.33 Å². The zero-order valence-electron chi connectivity index (χ0n) is 5.36. The predicted molar refractivity (Wildman–Crippen MR) is 33.0 cm³/mol. The van der Waals surface area contributed by atoms with Crippen molar-refractivity contribution in [2.45, 2.75) is 18.9 Å². The van der Waals surface area contributed by atoms with Crippen LogP contribution in [0.4, 0.5) is 0 Å². The average molecular weight is 134 g/mol. The lowest BCUT2D eigenvalue weighted by atomic mass is 10.1. The molecule has 2 rings (SSSR count). The maximum Gasteiger partial charge on any atom is 0.150 e. The highest BCUT2D eigenvalue weighted by Gasteiger charge is 2.23. The minimum absolute atomic E-state index is 0.0255. The lowest BCUT2D eigenvalue weighted by Crippen LogP contribution is -1.91. The van der Waals surface area contributed by atoms with Crippen LogP contribution in [-0.2, 0) is 6.54 Å².